The summed E-state index contributed by atoms with van der Waals surface area (Å²) in [5, 5.41) is 0. The fourth-order valence-corrected chi connectivity index (χ4v) is 3.25. The van der Waals surface area contributed by atoms with Crippen molar-refractivity contribution in [2.75, 3.05) is 0 Å². The van der Waals surface area contributed by atoms with Gasteiger partial charge in [0.1, 0.15) is 0 Å². The molecule has 0 saturated carbocycles. The van der Waals surface area contributed by atoms with Gasteiger partial charge in [-0.05, 0) is 5.92 Å². The van der Waals surface area contributed by atoms with Crippen molar-refractivity contribution in [2.45, 2.75) is 123 Å². The van der Waals surface area contributed by atoms with E-state index >= 15 is 0 Å². The Balaban J connectivity index is 2.99. The molecular weight excluding hydrogens is 252 g/mol. The molecule has 0 rings (SSSR count). The quantitative estimate of drug-likeness (QED) is 0.238. The Morgan fingerprint density at radius 2 is 0.952 bits per heavy atom. The lowest BCUT2D eigenvalue weighted by molar-refractivity contribution is 0.450. The molecule has 0 fully saturated rings. The van der Waals surface area contributed by atoms with Gasteiger partial charge < -0.3 is 0 Å². The van der Waals surface area contributed by atoms with Gasteiger partial charge >= 0.3 is 0 Å². The van der Waals surface area contributed by atoms with E-state index in [4.69, 9.17) is 0 Å². The summed E-state index contributed by atoms with van der Waals surface area (Å²) < 4.78 is 0. The van der Waals surface area contributed by atoms with E-state index in [-0.39, 0.29) is 0 Å². The minimum Gasteiger partial charge on any atom is -0.0654 e. The fraction of sp³-hybridized carbons (Fsp3) is 0.952. The van der Waals surface area contributed by atoms with Crippen LogP contribution in [0.5, 0.6) is 0 Å². The number of unbranched alkanes of at least 4 members (excludes halogenated alkanes) is 13. The molecule has 0 N–H and O–H groups in total. The first-order chi connectivity index (χ1) is 10.3. The maximum Gasteiger partial charge on any atom is -0.0443 e. The summed E-state index contributed by atoms with van der Waals surface area (Å²) in [6.45, 7) is 8.62. The van der Waals surface area contributed by atoms with Gasteiger partial charge in [-0.1, -0.05) is 130 Å². The van der Waals surface area contributed by atoms with Crippen molar-refractivity contribution in [2.24, 2.45) is 5.92 Å². The van der Waals surface area contributed by atoms with Gasteiger partial charge in [-0.3, -0.25) is 0 Å². The first-order valence-electron chi connectivity index (χ1n) is 10.1. The van der Waals surface area contributed by atoms with Crippen molar-refractivity contribution in [3.63, 3.8) is 0 Å². The molecular formula is C21H43. The monoisotopic (exact) mass is 295 g/mol. The van der Waals surface area contributed by atoms with Gasteiger partial charge in [0.05, 0.1) is 0 Å². The predicted molar refractivity (Wildman–Crippen MR) is 98.7 cm³/mol. The average Bonchev–Trinajstić information content (AvgIpc) is 2.48. The Morgan fingerprint density at radius 1 is 0.571 bits per heavy atom. The number of hydrogen-bond acceptors (Lipinski definition) is 0. The third-order valence-electron chi connectivity index (χ3n) is 4.73. The van der Waals surface area contributed by atoms with Crippen LogP contribution < -0.4 is 0 Å². The molecule has 0 heterocycles. The van der Waals surface area contributed by atoms with Crippen LogP contribution in [0.2, 0.25) is 0 Å². The standard InChI is InChI=1S/C21H43/c1-4-6-7-8-9-10-11-12-13-14-15-16-17-18-20-21(3)19-5-2/h21H,1,4-20H2,2-3H3. The first kappa shape index (κ1) is 21.0. The summed E-state index contributed by atoms with van der Waals surface area (Å²) in [6, 6.07) is 0. The third-order valence-corrected chi connectivity index (χ3v) is 4.73. The van der Waals surface area contributed by atoms with Gasteiger partial charge in [0.15, 0.2) is 0 Å². The lowest BCUT2D eigenvalue weighted by atomic mass is 9.98. The molecule has 0 heteroatoms. The van der Waals surface area contributed by atoms with E-state index < -0.39 is 0 Å². The topological polar surface area (TPSA) is 0 Å². The van der Waals surface area contributed by atoms with Gasteiger partial charge in [-0.15, -0.1) is 0 Å². The van der Waals surface area contributed by atoms with E-state index in [1.807, 2.05) is 0 Å². The van der Waals surface area contributed by atoms with E-state index in [0.717, 1.165) is 12.3 Å². The summed E-state index contributed by atoms with van der Waals surface area (Å²) in [4.78, 5) is 0. The van der Waals surface area contributed by atoms with E-state index in [1.165, 1.54) is 103 Å². The normalized spacial score (nSPS) is 12.7. The molecule has 0 saturated heterocycles. The smallest absolute Gasteiger partial charge is 0.0443 e. The lowest BCUT2D eigenvalue weighted by Gasteiger charge is -2.09. The van der Waals surface area contributed by atoms with Gasteiger partial charge in [-0.25, -0.2) is 0 Å². The summed E-state index contributed by atoms with van der Waals surface area (Å²) in [5.41, 5.74) is 0. The fourth-order valence-electron chi connectivity index (χ4n) is 3.25. The molecule has 0 aromatic heterocycles. The zero-order valence-corrected chi connectivity index (χ0v) is 15.3. The van der Waals surface area contributed by atoms with Crippen molar-refractivity contribution in [3.8, 4) is 0 Å². The van der Waals surface area contributed by atoms with Crippen molar-refractivity contribution < 1.29 is 0 Å². The number of rotatable bonds is 17. The highest BCUT2D eigenvalue weighted by Crippen LogP contribution is 2.16. The molecule has 1 atom stereocenters. The average molecular weight is 296 g/mol. The summed E-state index contributed by atoms with van der Waals surface area (Å²) in [5.74, 6) is 0.962. The van der Waals surface area contributed by atoms with Crippen molar-refractivity contribution >= 4 is 0 Å². The van der Waals surface area contributed by atoms with Crippen LogP contribution in [0.3, 0.4) is 0 Å². The molecule has 0 aromatic rings. The highest BCUT2D eigenvalue weighted by Gasteiger charge is 2.00. The van der Waals surface area contributed by atoms with Gasteiger partial charge in [0.2, 0.25) is 0 Å². The van der Waals surface area contributed by atoms with Crippen LogP contribution in [0.15, 0.2) is 0 Å². The second-order valence-electron chi connectivity index (χ2n) is 7.13. The van der Waals surface area contributed by atoms with Crippen molar-refractivity contribution in [1.29, 1.82) is 0 Å². The molecule has 0 bridgehead atoms. The van der Waals surface area contributed by atoms with Crippen molar-refractivity contribution in [1.82, 2.24) is 0 Å². The van der Waals surface area contributed by atoms with Crippen LogP contribution in [-0.4, -0.2) is 0 Å². The minimum absolute atomic E-state index is 0.962. The summed E-state index contributed by atoms with van der Waals surface area (Å²) >= 11 is 0. The zero-order valence-electron chi connectivity index (χ0n) is 15.3. The molecule has 0 spiro atoms. The maximum atomic E-state index is 3.90. The van der Waals surface area contributed by atoms with Crippen LogP contribution in [0.4, 0.5) is 0 Å². The Kier molecular flexibility index (Phi) is 18.1. The molecule has 0 amide bonds. The number of hydrogen-bond donors (Lipinski definition) is 0. The largest absolute Gasteiger partial charge is 0.0654 e. The molecule has 0 aliphatic heterocycles. The minimum atomic E-state index is 0.962. The van der Waals surface area contributed by atoms with Crippen molar-refractivity contribution in [3.05, 3.63) is 6.92 Å². The van der Waals surface area contributed by atoms with Gasteiger partial charge in [0.25, 0.3) is 0 Å². The highest BCUT2D eigenvalue weighted by atomic mass is 14.1. The van der Waals surface area contributed by atoms with E-state index in [1.54, 1.807) is 0 Å². The van der Waals surface area contributed by atoms with Crippen LogP contribution >= 0.6 is 0 Å². The van der Waals surface area contributed by atoms with Crippen LogP contribution in [-0.2, 0) is 0 Å². The van der Waals surface area contributed by atoms with E-state index in [9.17, 15) is 0 Å². The van der Waals surface area contributed by atoms with Crippen LogP contribution in [0.1, 0.15) is 123 Å². The van der Waals surface area contributed by atoms with Crippen LogP contribution in [0, 0.1) is 12.8 Å². The summed E-state index contributed by atoms with van der Waals surface area (Å²) in [7, 11) is 0. The Hall–Kier alpha value is 0. The Bertz CT molecular complexity index is 173. The van der Waals surface area contributed by atoms with E-state index in [2.05, 4.69) is 20.8 Å². The second kappa shape index (κ2) is 18.1. The second-order valence-corrected chi connectivity index (χ2v) is 7.13. The van der Waals surface area contributed by atoms with E-state index in [0.29, 0.717) is 0 Å². The summed E-state index contributed by atoms with van der Waals surface area (Å²) in [6.07, 6.45) is 24.3. The molecule has 127 valence electrons. The Labute approximate surface area is 136 Å². The Morgan fingerprint density at radius 3 is 1.33 bits per heavy atom. The van der Waals surface area contributed by atoms with Crippen LogP contribution in [0.25, 0.3) is 0 Å². The lowest BCUT2D eigenvalue weighted by Crippen LogP contribution is -1.93. The molecule has 0 aliphatic carbocycles. The van der Waals surface area contributed by atoms with Gasteiger partial charge in [0, 0.05) is 0 Å². The highest BCUT2D eigenvalue weighted by molar-refractivity contribution is 4.54. The van der Waals surface area contributed by atoms with Gasteiger partial charge in [-0.2, -0.15) is 0 Å². The maximum absolute atomic E-state index is 3.90. The third kappa shape index (κ3) is 18.0. The predicted octanol–water partition coefficient (Wildman–Crippen LogP) is 8.11. The first-order valence-corrected chi connectivity index (χ1v) is 10.1. The molecule has 21 heavy (non-hydrogen) atoms. The molecule has 0 aromatic carbocycles. The molecule has 0 aliphatic rings. The molecule has 1 unspecified atom stereocenters. The zero-order chi connectivity index (χ0) is 15.6. The SMILES string of the molecule is [CH2]CCCCCCCCCCCCCCCC(C)CCC. The molecule has 0 nitrogen and oxygen atoms in total. The molecule has 1 radical (unpaired) electrons.